The van der Waals surface area contributed by atoms with E-state index < -0.39 is 5.41 Å². The highest BCUT2D eigenvalue weighted by molar-refractivity contribution is 6.02. The first-order chi connectivity index (χ1) is 26.4. The maximum atomic E-state index is 5.85. The van der Waals surface area contributed by atoms with E-state index in [0.29, 0.717) is 0 Å². The quantitative estimate of drug-likeness (QED) is 0.136. The summed E-state index contributed by atoms with van der Waals surface area (Å²) in [6.45, 7) is 10.9. The molecule has 0 fully saturated rings. The SMILES string of the molecule is C=C/C=C1\C(=C/c2ccc(/C=C/C=C\C=C/C)cc2)c2ccccc2C12c1ccccc1C(C)(C)c1ccccc12.Nc1ccccc1-c1ccccc1. The molecule has 2 aliphatic rings. The van der Waals surface area contributed by atoms with Crippen LogP contribution in [-0.2, 0) is 10.8 Å². The largest absolute Gasteiger partial charge is 0.398 e. The standard InChI is InChI=1S/C41H36.C12H11N/c1-5-7-8-9-10-18-30-25-27-31(28-26-30)29-33-32-19-11-12-20-35(32)41(34(33)17-6-2)38-23-15-13-21-36(38)40(3,4)37-22-14-16-24-39(37)41;13-12-9-5-4-8-11(12)10-6-2-1-3-7-10/h5-29H,2H2,1,3-4H3;1-9H,13H2/b7-5-,9-8-,18-10+,33-29-,34-17+;. The molecule has 0 atom stereocenters. The number of nitrogen functional groups attached to an aromatic ring is 1. The fraction of sp³-hybridized carbons (Fsp3) is 0.0943. The van der Waals surface area contributed by atoms with Gasteiger partial charge >= 0.3 is 0 Å². The summed E-state index contributed by atoms with van der Waals surface area (Å²) in [6, 6.07) is 53.9. The van der Waals surface area contributed by atoms with E-state index in [2.05, 4.69) is 160 Å². The Kier molecular flexibility index (Phi) is 10.4. The number of hydrogen-bond acceptors (Lipinski definition) is 1. The van der Waals surface area contributed by atoms with Gasteiger partial charge in [-0.1, -0.05) is 215 Å². The van der Waals surface area contributed by atoms with Crippen molar-refractivity contribution in [1.29, 1.82) is 0 Å². The molecule has 0 heterocycles. The van der Waals surface area contributed by atoms with Gasteiger partial charge in [-0.15, -0.1) is 0 Å². The second-order valence-corrected chi connectivity index (χ2v) is 14.3. The summed E-state index contributed by atoms with van der Waals surface area (Å²) in [7, 11) is 0. The third kappa shape index (κ3) is 6.55. The Morgan fingerprint density at radius 2 is 1.04 bits per heavy atom. The van der Waals surface area contributed by atoms with Crippen LogP contribution < -0.4 is 5.73 Å². The van der Waals surface area contributed by atoms with Gasteiger partial charge in [0.15, 0.2) is 0 Å². The smallest absolute Gasteiger partial charge is 0.0719 e. The van der Waals surface area contributed by atoms with Crippen LogP contribution in [0.15, 0.2) is 206 Å². The second kappa shape index (κ2) is 15.7. The van der Waals surface area contributed by atoms with Gasteiger partial charge in [0.1, 0.15) is 0 Å². The molecule has 0 saturated carbocycles. The summed E-state index contributed by atoms with van der Waals surface area (Å²) in [6.07, 6.45) is 18.9. The van der Waals surface area contributed by atoms with Gasteiger partial charge in [0.25, 0.3) is 0 Å². The zero-order chi connectivity index (χ0) is 37.5. The number of fused-ring (bicyclic) bond motifs is 6. The summed E-state index contributed by atoms with van der Waals surface area (Å²) in [5, 5.41) is 0. The molecule has 6 aromatic rings. The van der Waals surface area contributed by atoms with Crippen molar-refractivity contribution in [3.05, 3.63) is 251 Å². The maximum Gasteiger partial charge on any atom is 0.0719 e. The molecule has 8 rings (SSSR count). The Hall–Kier alpha value is -6.44. The van der Waals surface area contributed by atoms with Gasteiger partial charge in [-0.05, 0) is 80.3 Å². The summed E-state index contributed by atoms with van der Waals surface area (Å²) >= 11 is 0. The maximum absolute atomic E-state index is 5.85. The van der Waals surface area contributed by atoms with Gasteiger partial charge < -0.3 is 5.73 Å². The topological polar surface area (TPSA) is 26.0 Å². The molecule has 1 nitrogen and oxygen atoms in total. The van der Waals surface area contributed by atoms with Crippen LogP contribution in [-0.4, -0.2) is 0 Å². The third-order valence-corrected chi connectivity index (χ3v) is 10.7. The Bertz CT molecular complexity index is 2380. The number of rotatable bonds is 6. The fourth-order valence-corrected chi connectivity index (χ4v) is 8.26. The van der Waals surface area contributed by atoms with Gasteiger partial charge in [-0.2, -0.15) is 0 Å². The van der Waals surface area contributed by atoms with Crippen LogP contribution in [0.4, 0.5) is 5.69 Å². The van der Waals surface area contributed by atoms with Gasteiger partial charge in [0, 0.05) is 16.7 Å². The molecule has 0 unspecified atom stereocenters. The Labute approximate surface area is 321 Å². The number of anilines is 1. The first-order valence-electron chi connectivity index (χ1n) is 18.7. The highest BCUT2D eigenvalue weighted by atomic mass is 14.6. The van der Waals surface area contributed by atoms with E-state index >= 15 is 0 Å². The lowest BCUT2D eigenvalue weighted by Crippen LogP contribution is -2.40. The van der Waals surface area contributed by atoms with Crippen LogP contribution in [0.2, 0.25) is 0 Å². The molecule has 0 radical (unpaired) electrons. The Morgan fingerprint density at radius 1 is 0.519 bits per heavy atom. The van der Waals surface area contributed by atoms with Crippen molar-refractivity contribution in [2.24, 2.45) is 0 Å². The van der Waals surface area contributed by atoms with Gasteiger partial charge in [0.2, 0.25) is 0 Å². The minimum absolute atomic E-state index is 0.107. The zero-order valence-electron chi connectivity index (χ0n) is 31.4. The lowest BCUT2D eigenvalue weighted by atomic mass is 9.55. The van der Waals surface area contributed by atoms with E-state index in [9.17, 15) is 0 Å². The molecule has 0 saturated heterocycles. The Morgan fingerprint density at radius 3 is 1.65 bits per heavy atom. The summed E-state index contributed by atoms with van der Waals surface area (Å²) in [5.41, 5.74) is 21.4. The van der Waals surface area contributed by atoms with Crippen molar-refractivity contribution in [2.75, 3.05) is 5.73 Å². The molecule has 0 aliphatic heterocycles. The zero-order valence-corrected chi connectivity index (χ0v) is 31.4. The average molecular weight is 698 g/mol. The van der Waals surface area contributed by atoms with Crippen molar-refractivity contribution in [2.45, 2.75) is 31.6 Å². The van der Waals surface area contributed by atoms with Crippen molar-refractivity contribution < 1.29 is 0 Å². The second-order valence-electron chi connectivity index (χ2n) is 14.3. The molecular formula is C53H47N. The monoisotopic (exact) mass is 697 g/mol. The molecule has 0 aromatic heterocycles. The fourth-order valence-electron chi connectivity index (χ4n) is 8.26. The van der Waals surface area contributed by atoms with Crippen molar-refractivity contribution in [1.82, 2.24) is 0 Å². The molecule has 6 aromatic carbocycles. The molecule has 2 aliphatic carbocycles. The highest BCUT2D eigenvalue weighted by Crippen LogP contribution is 2.63. The molecule has 2 N–H and O–H groups in total. The number of benzene rings is 6. The molecule has 54 heavy (non-hydrogen) atoms. The summed E-state index contributed by atoms with van der Waals surface area (Å²) in [5.74, 6) is 0. The summed E-state index contributed by atoms with van der Waals surface area (Å²) < 4.78 is 0. The molecule has 264 valence electrons. The van der Waals surface area contributed by atoms with Gasteiger partial charge in [-0.25, -0.2) is 0 Å². The average Bonchev–Trinajstić information content (AvgIpc) is 3.47. The number of para-hydroxylation sites is 1. The van der Waals surface area contributed by atoms with Crippen molar-refractivity contribution in [3.8, 4) is 11.1 Å². The van der Waals surface area contributed by atoms with Gasteiger partial charge in [0.05, 0.1) is 5.41 Å². The summed E-state index contributed by atoms with van der Waals surface area (Å²) in [4.78, 5) is 0. The van der Waals surface area contributed by atoms with E-state index in [4.69, 9.17) is 5.73 Å². The molecule has 1 heteroatoms. The van der Waals surface area contributed by atoms with Gasteiger partial charge in [-0.3, -0.25) is 0 Å². The van der Waals surface area contributed by atoms with Crippen LogP contribution in [0.1, 0.15) is 65.3 Å². The van der Waals surface area contributed by atoms with E-state index in [1.54, 1.807) is 0 Å². The van der Waals surface area contributed by atoms with Crippen LogP contribution in [0.25, 0.3) is 28.9 Å². The van der Waals surface area contributed by atoms with Crippen LogP contribution >= 0.6 is 0 Å². The predicted molar refractivity (Wildman–Crippen MR) is 233 cm³/mol. The molecule has 0 amide bonds. The van der Waals surface area contributed by atoms with E-state index in [1.165, 1.54) is 61.2 Å². The van der Waals surface area contributed by atoms with E-state index in [0.717, 1.165) is 11.3 Å². The Balaban J connectivity index is 0.000000291. The van der Waals surface area contributed by atoms with Crippen molar-refractivity contribution in [3.63, 3.8) is 0 Å². The lowest BCUT2D eigenvalue weighted by Gasteiger charge is -2.46. The predicted octanol–water partition coefficient (Wildman–Crippen LogP) is 13.4. The third-order valence-electron chi connectivity index (χ3n) is 10.7. The molecule has 0 bridgehead atoms. The molecule has 1 spiro atoms. The molecular weight excluding hydrogens is 651 g/mol. The van der Waals surface area contributed by atoms with Crippen LogP contribution in [0.3, 0.4) is 0 Å². The first-order valence-corrected chi connectivity index (χ1v) is 18.7. The number of nitrogens with two attached hydrogens (primary N) is 1. The number of hydrogen-bond donors (Lipinski definition) is 1. The minimum atomic E-state index is -0.415. The van der Waals surface area contributed by atoms with E-state index in [1.807, 2.05) is 73.7 Å². The number of allylic oxidation sites excluding steroid dienone is 9. The minimum Gasteiger partial charge on any atom is -0.398 e. The first kappa shape index (κ1) is 35.9. The lowest BCUT2D eigenvalue weighted by molar-refractivity contribution is 0.563. The normalized spacial score (nSPS) is 16.4. The van der Waals surface area contributed by atoms with Crippen LogP contribution in [0, 0.1) is 0 Å². The highest BCUT2D eigenvalue weighted by Gasteiger charge is 2.54. The van der Waals surface area contributed by atoms with E-state index in [-0.39, 0.29) is 5.41 Å². The van der Waals surface area contributed by atoms with Crippen LogP contribution in [0.5, 0.6) is 0 Å². The van der Waals surface area contributed by atoms with Crippen molar-refractivity contribution >= 4 is 23.4 Å².